The van der Waals surface area contributed by atoms with Crippen LogP contribution in [-0.2, 0) is 9.53 Å². The van der Waals surface area contributed by atoms with Crippen molar-refractivity contribution in [3.63, 3.8) is 0 Å². The van der Waals surface area contributed by atoms with Crippen LogP contribution in [0, 0.1) is 5.92 Å². The molecule has 1 heterocycles. The van der Waals surface area contributed by atoms with Crippen LogP contribution in [-0.4, -0.2) is 18.0 Å². The summed E-state index contributed by atoms with van der Waals surface area (Å²) in [7, 11) is 0. The summed E-state index contributed by atoms with van der Waals surface area (Å²) in [5, 5.41) is 0. The molecule has 90 valence electrons. The van der Waals surface area contributed by atoms with E-state index in [2.05, 4.69) is 19.9 Å². The Morgan fingerprint density at radius 3 is 2.81 bits per heavy atom. The second-order valence-electron chi connectivity index (χ2n) is 5.44. The molecule has 2 atom stereocenters. The van der Waals surface area contributed by atoms with E-state index in [0.29, 0.717) is 12.2 Å². The predicted molar refractivity (Wildman–Crippen MR) is 64.3 cm³/mol. The lowest BCUT2D eigenvalue weighted by Crippen LogP contribution is -2.34. The maximum absolute atomic E-state index is 12.1. The zero-order chi connectivity index (χ0) is 11.6. The highest BCUT2D eigenvalue weighted by atomic mass is 16.6. The average Bonchev–Trinajstić information content (AvgIpc) is 2.98. The minimum atomic E-state index is -0.0136. The Morgan fingerprint density at radius 2 is 2.19 bits per heavy atom. The second kappa shape index (κ2) is 4.70. The van der Waals surface area contributed by atoms with E-state index in [1.54, 1.807) is 0 Å². The van der Waals surface area contributed by atoms with Gasteiger partial charge >= 0.3 is 0 Å². The lowest BCUT2D eigenvalue weighted by molar-refractivity contribution is -0.126. The number of Topliss-reactive ketones (excluding diaryl/α,β-unsaturated/α-hetero) is 1. The number of hydrogen-bond acceptors (Lipinski definition) is 2. The van der Waals surface area contributed by atoms with Crippen LogP contribution in [0.1, 0.15) is 52.4 Å². The summed E-state index contributed by atoms with van der Waals surface area (Å²) in [6.45, 7) is 4.99. The third-order valence-corrected chi connectivity index (χ3v) is 3.82. The van der Waals surface area contributed by atoms with Crippen molar-refractivity contribution in [3.05, 3.63) is 11.6 Å². The zero-order valence-corrected chi connectivity index (χ0v) is 10.4. The Kier molecular flexibility index (Phi) is 3.48. The highest BCUT2D eigenvalue weighted by Gasteiger charge is 2.54. The molecule has 2 aliphatic rings. The summed E-state index contributed by atoms with van der Waals surface area (Å²) in [6, 6.07) is 0. The van der Waals surface area contributed by atoms with Gasteiger partial charge in [-0.3, -0.25) is 4.79 Å². The molecule has 2 rings (SSSR count). The number of hydrogen-bond donors (Lipinski definition) is 0. The summed E-state index contributed by atoms with van der Waals surface area (Å²) in [6.07, 6.45) is 8.33. The molecule has 0 amide bonds. The van der Waals surface area contributed by atoms with E-state index in [9.17, 15) is 4.79 Å². The summed E-state index contributed by atoms with van der Waals surface area (Å²) >= 11 is 0. The number of allylic oxidation sites excluding steroid dienone is 2. The molecule has 1 spiro atoms. The van der Waals surface area contributed by atoms with Gasteiger partial charge in [0.25, 0.3) is 0 Å². The van der Waals surface area contributed by atoms with Gasteiger partial charge in [0.15, 0.2) is 0 Å². The van der Waals surface area contributed by atoms with Crippen LogP contribution in [0.4, 0.5) is 0 Å². The van der Waals surface area contributed by atoms with Crippen molar-refractivity contribution in [3.8, 4) is 0 Å². The Balaban J connectivity index is 1.86. The van der Waals surface area contributed by atoms with Crippen molar-refractivity contribution < 1.29 is 9.53 Å². The standard InChI is InChI=1S/C14H22O2/c1-11(2)6-5-8-13(15)12-7-3-4-9-14(12)10-16-14/h6,12H,3-5,7-10H2,1-2H3. The molecular weight excluding hydrogens is 200 g/mol. The normalized spacial score (nSPS) is 32.5. The smallest absolute Gasteiger partial charge is 0.139 e. The molecule has 0 aromatic rings. The fraction of sp³-hybridized carbons (Fsp3) is 0.786. The molecular formula is C14H22O2. The van der Waals surface area contributed by atoms with Crippen LogP contribution in [0.2, 0.25) is 0 Å². The minimum Gasteiger partial charge on any atom is -0.369 e. The summed E-state index contributed by atoms with van der Waals surface area (Å²) < 4.78 is 5.56. The summed E-state index contributed by atoms with van der Waals surface area (Å²) in [5.41, 5.74) is 1.29. The van der Waals surface area contributed by atoms with Crippen molar-refractivity contribution >= 4 is 5.78 Å². The van der Waals surface area contributed by atoms with Gasteiger partial charge in [-0.25, -0.2) is 0 Å². The number of carbonyl (C=O) groups is 1. The molecule has 2 fully saturated rings. The largest absolute Gasteiger partial charge is 0.369 e. The third-order valence-electron chi connectivity index (χ3n) is 3.82. The van der Waals surface area contributed by atoms with Crippen LogP contribution >= 0.6 is 0 Å². The number of ketones is 1. The molecule has 0 aromatic carbocycles. The zero-order valence-electron chi connectivity index (χ0n) is 10.4. The van der Waals surface area contributed by atoms with Gasteiger partial charge in [0.05, 0.1) is 6.61 Å². The summed E-state index contributed by atoms with van der Waals surface area (Å²) in [4.78, 5) is 12.1. The first kappa shape index (κ1) is 11.8. The highest BCUT2D eigenvalue weighted by Crippen LogP contribution is 2.46. The maximum Gasteiger partial charge on any atom is 0.139 e. The highest BCUT2D eigenvalue weighted by molar-refractivity contribution is 5.82. The fourth-order valence-corrected chi connectivity index (χ4v) is 2.78. The predicted octanol–water partition coefficient (Wildman–Crippen LogP) is 3.26. The first-order valence-corrected chi connectivity index (χ1v) is 6.44. The molecule has 2 unspecified atom stereocenters. The van der Waals surface area contributed by atoms with E-state index in [0.717, 1.165) is 25.9 Å². The third kappa shape index (κ3) is 2.54. The van der Waals surface area contributed by atoms with E-state index in [4.69, 9.17) is 4.74 Å². The summed E-state index contributed by atoms with van der Waals surface area (Å²) in [5.74, 6) is 0.626. The van der Waals surface area contributed by atoms with Gasteiger partial charge in [-0.15, -0.1) is 0 Å². The van der Waals surface area contributed by atoms with Gasteiger partial charge in [0, 0.05) is 12.3 Å². The Hall–Kier alpha value is -0.630. The topological polar surface area (TPSA) is 29.6 Å². The first-order chi connectivity index (χ1) is 7.64. The molecule has 0 radical (unpaired) electrons. The SMILES string of the molecule is CC(C)=CCCC(=O)C1CCCCC12CO2. The van der Waals surface area contributed by atoms with Crippen LogP contribution in [0.15, 0.2) is 11.6 Å². The average molecular weight is 222 g/mol. The minimum absolute atomic E-state index is 0.0136. The van der Waals surface area contributed by atoms with E-state index >= 15 is 0 Å². The molecule has 16 heavy (non-hydrogen) atoms. The van der Waals surface area contributed by atoms with E-state index in [1.165, 1.54) is 18.4 Å². The number of rotatable bonds is 4. The van der Waals surface area contributed by atoms with Crippen LogP contribution in [0.5, 0.6) is 0 Å². The quantitative estimate of drug-likeness (QED) is 0.539. The van der Waals surface area contributed by atoms with Gasteiger partial charge in [-0.1, -0.05) is 24.5 Å². The molecule has 0 bridgehead atoms. The van der Waals surface area contributed by atoms with E-state index in [-0.39, 0.29) is 11.5 Å². The second-order valence-corrected chi connectivity index (χ2v) is 5.44. The van der Waals surface area contributed by atoms with Crippen molar-refractivity contribution in [2.24, 2.45) is 5.92 Å². The fourth-order valence-electron chi connectivity index (χ4n) is 2.78. The van der Waals surface area contributed by atoms with Gasteiger partial charge in [0.1, 0.15) is 11.4 Å². The number of ether oxygens (including phenoxy) is 1. The molecule has 1 aliphatic heterocycles. The van der Waals surface area contributed by atoms with E-state index < -0.39 is 0 Å². The van der Waals surface area contributed by atoms with Crippen LogP contribution in [0.3, 0.4) is 0 Å². The van der Waals surface area contributed by atoms with Crippen molar-refractivity contribution in [2.45, 2.75) is 58.0 Å². The number of carbonyl (C=O) groups excluding carboxylic acids is 1. The Morgan fingerprint density at radius 1 is 1.44 bits per heavy atom. The van der Waals surface area contributed by atoms with Gasteiger partial charge in [0.2, 0.25) is 0 Å². The molecule has 2 nitrogen and oxygen atoms in total. The van der Waals surface area contributed by atoms with Crippen molar-refractivity contribution in [1.29, 1.82) is 0 Å². The number of epoxide rings is 1. The molecule has 1 saturated heterocycles. The van der Waals surface area contributed by atoms with Gasteiger partial charge in [-0.2, -0.15) is 0 Å². The van der Waals surface area contributed by atoms with Gasteiger partial charge < -0.3 is 4.74 Å². The Labute approximate surface area is 98.1 Å². The first-order valence-electron chi connectivity index (χ1n) is 6.44. The van der Waals surface area contributed by atoms with E-state index in [1.807, 2.05) is 0 Å². The molecule has 0 N–H and O–H groups in total. The van der Waals surface area contributed by atoms with Crippen LogP contribution in [0.25, 0.3) is 0 Å². The molecule has 2 heteroatoms. The maximum atomic E-state index is 12.1. The lowest BCUT2D eigenvalue weighted by Gasteiger charge is -2.27. The molecule has 1 saturated carbocycles. The molecule has 1 aliphatic carbocycles. The van der Waals surface area contributed by atoms with Crippen molar-refractivity contribution in [2.75, 3.05) is 6.61 Å². The molecule has 0 aromatic heterocycles. The lowest BCUT2D eigenvalue weighted by atomic mass is 9.76. The van der Waals surface area contributed by atoms with Gasteiger partial charge in [-0.05, 0) is 33.1 Å². The van der Waals surface area contributed by atoms with Crippen LogP contribution < -0.4 is 0 Å². The van der Waals surface area contributed by atoms with Crippen molar-refractivity contribution in [1.82, 2.24) is 0 Å². The monoisotopic (exact) mass is 222 g/mol. The Bertz CT molecular complexity index is 296.